The molecule has 0 radical (unpaired) electrons. The van der Waals surface area contributed by atoms with Gasteiger partial charge in [-0.15, -0.1) is 13.2 Å². The number of ether oxygens (including phenoxy) is 4. The minimum absolute atomic E-state index is 0.00848. The first-order valence-electron chi connectivity index (χ1n) is 23.5. The van der Waals surface area contributed by atoms with Crippen LogP contribution in [0.5, 0.6) is 11.5 Å². The lowest BCUT2D eigenvalue weighted by molar-refractivity contribution is -0.271. The molecular weight excluding hydrogens is 1160 g/mol. The van der Waals surface area contributed by atoms with Crippen molar-refractivity contribution < 1.29 is 72.4 Å². The molecule has 388 valence electrons. The number of halogens is 2. The molecule has 2 aromatic rings. The predicted octanol–water partition coefficient (Wildman–Crippen LogP) is 7.34. The van der Waals surface area contributed by atoms with Gasteiger partial charge in [0.25, 0.3) is 0 Å². The van der Waals surface area contributed by atoms with Gasteiger partial charge in [-0.2, -0.15) is 9.78 Å². The third kappa shape index (κ3) is 12.9. The van der Waals surface area contributed by atoms with E-state index in [0.717, 1.165) is 31.1 Å². The van der Waals surface area contributed by atoms with Crippen LogP contribution >= 0.6 is 45.2 Å². The van der Waals surface area contributed by atoms with Gasteiger partial charge in [0.2, 0.25) is 11.8 Å². The van der Waals surface area contributed by atoms with Crippen molar-refractivity contribution in [3.63, 3.8) is 0 Å². The van der Waals surface area contributed by atoms with Crippen LogP contribution in [0.15, 0.2) is 110 Å². The molecule has 19 heteroatoms. The zero-order valence-electron chi connectivity index (χ0n) is 41.1. The molecule has 0 aromatic heterocycles. The summed E-state index contributed by atoms with van der Waals surface area (Å²) in [6.45, 7) is 23.5. The maximum Gasteiger partial charge on any atom is 0.355 e. The molecule has 0 spiro atoms. The van der Waals surface area contributed by atoms with E-state index in [-0.39, 0.29) is 81.3 Å². The summed E-state index contributed by atoms with van der Waals surface area (Å²) >= 11 is 4.36. The second kappa shape index (κ2) is 27.1. The van der Waals surface area contributed by atoms with E-state index in [4.69, 9.17) is 38.5 Å². The first-order chi connectivity index (χ1) is 34.5. The Morgan fingerprint density at radius 2 is 1.04 bits per heavy atom. The number of rotatable bonds is 26. The monoisotopic (exact) mass is 1220 g/mol. The zero-order chi connectivity index (χ0) is 52.8. The molecule has 2 fully saturated rings. The lowest BCUT2D eigenvalue weighted by Gasteiger charge is -2.47. The van der Waals surface area contributed by atoms with Crippen molar-refractivity contribution in [1.29, 1.82) is 0 Å². The third-order valence-corrected chi connectivity index (χ3v) is 14.6. The second-order valence-electron chi connectivity index (χ2n) is 17.4. The number of carbonyl (C=O) groups excluding carboxylic acids is 6. The van der Waals surface area contributed by atoms with Gasteiger partial charge in [-0.25, -0.2) is 19.2 Å². The Kier molecular flexibility index (Phi) is 21.6. The Bertz CT molecular complexity index is 2300. The fourth-order valence-electron chi connectivity index (χ4n) is 9.17. The number of aryl methyl sites for hydroxylation is 1. The van der Waals surface area contributed by atoms with Gasteiger partial charge in [-0.1, -0.05) is 90.6 Å². The first-order valence-corrected chi connectivity index (χ1v) is 25.7. The molecule has 4 aliphatic heterocycles. The molecule has 1 N–H and O–H groups in total. The van der Waals surface area contributed by atoms with Gasteiger partial charge < -0.3 is 33.9 Å². The molecule has 0 saturated carbocycles. The number of aliphatic hydroxyl groups is 1. The van der Waals surface area contributed by atoms with Crippen LogP contribution in [0.25, 0.3) is 0 Å². The molecule has 0 bridgehead atoms. The smallest absolute Gasteiger partial charge is 0.355 e. The molecular formula is C53H62I2N2O15. The number of fused-ring (bicyclic) bond motifs is 2. The van der Waals surface area contributed by atoms with Crippen LogP contribution in [0.3, 0.4) is 0 Å². The summed E-state index contributed by atoms with van der Waals surface area (Å²) in [6.07, 6.45) is 8.23. The van der Waals surface area contributed by atoms with Crippen molar-refractivity contribution in [1.82, 2.24) is 9.80 Å². The SMILES string of the molecule is C=CCOOC(=O)C(C)C1C(=O)N2C(C(=O)OCC=C)=C(COc3cc(CCC)ccc3I)[C@H](C)C12.C=CCOOC(=O)C(C)C1C(=O)N2C(C(=O)OCC=C)=C(COc3cc(CCO)ccc3I)[C@H](C)C12. The van der Waals surface area contributed by atoms with Gasteiger partial charge in [0.1, 0.15) is 62.5 Å². The standard InChI is InChI=1S/C27H32INO7.C26H30INO8/c1-6-9-18-10-11-20(28)21(14-18)34-15-19-16(4)23-22(17(5)26(31)36-35-13-8-3)25(30)29(23)24(19)27(32)33-12-7-2;1-5-11-33-26(32)23-18(14-34-20-13-17(9-10-29)7-8-19(20)27)15(3)22-21(24(30)28(22)23)16(4)25(31)36-35-12-6-2/h7-8,10-11,14,16-17,22-23H,2-3,6,9,12-13,15H2,1,4-5H3;5-8,13,15-16,21-22,29H,1-2,9-12,14H2,3-4H3/t16-,17?,22?,23?;15-,16?,21?,22?/m00/s1. The number of aliphatic hydroxyl groups excluding tert-OH is 1. The van der Waals surface area contributed by atoms with Crippen molar-refractivity contribution in [2.45, 2.75) is 66.0 Å². The number of hydrogen-bond acceptors (Lipinski definition) is 15. The Morgan fingerprint density at radius 3 is 1.40 bits per heavy atom. The number of β-lactam (4-membered cyclic amide) rings is 2. The van der Waals surface area contributed by atoms with E-state index < -0.39 is 59.6 Å². The number of benzene rings is 2. The number of hydrogen-bond donors (Lipinski definition) is 1. The third-order valence-electron chi connectivity index (χ3n) is 12.8. The van der Waals surface area contributed by atoms with Crippen LogP contribution in [-0.2, 0) is 70.6 Å². The van der Waals surface area contributed by atoms with E-state index in [1.165, 1.54) is 34.1 Å². The molecule has 4 aliphatic rings. The van der Waals surface area contributed by atoms with Gasteiger partial charge in [-0.05, 0) is 93.4 Å². The molecule has 2 aromatic carbocycles. The Hall–Kier alpha value is -5.36. The molecule has 4 heterocycles. The van der Waals surface area contributed by atoms with Crippen molar-refractivity contribution >= 4 is 80.9 Å². The van der Waals surface area contributed by atoms with Crippen molar-refractivity contribution in [3.8, 4) is 11.5 Å². The molecule has 0 aliphatic carbocycles. The molecule has 6 rings (SSSR count). The van der Waals surface area contributed by atoms with E-state index in [1.807, 2.05) is 44.2 Å². The fourth-order valence-corrected chi connectivity index (χ4v) is 10.2. The van der Waals surface area contributed by atoms with Crippen LogP contribution < -0.4 is 9.47 Å². The van der Waals surface area contributed by atoms with Crippen molar-refractivity contribution in [2.24, 2.45) is 35.5 Å². The van der Waals surface area contributed by atoms with E-state index >= 15 is 0 Å². The zero-order valence-corrected chi connectivity index (χ0v) is 45.4. The van der Waals surface area contributed by atoms with E-state index in [0.29, 0.717) is 29.1 Å². The number of nitrogens with zero attached hydrogens (tertiary/aromatic N) is 2. The maximum atomic E-state index is 13.2. The number of esters is 2. The summed E-state index contributed by atoms with van der Waals surface area (Å²) in [5, 5.41) is 9.25. The normalized spacial score (nSPS) is 21.4. The minimum atomic E-state index is -0.784. The Morgan fingerprint density at radius 1 is 0.653 bits per heavy atom. The minimum Gasteiger partial charge on any atom is -0.488 e. The summed E-state index contributed by atoms with van der Waals surface area (Å²) in [5.41, 5.74) is 3.66. The summed E-state index contributed by atoms with van der Waals surface area (Å²) in [7, 11) is 0. The van der Waals surface area contributed by atoms with Crippen LogP contribution in [0.4, 0.5) is 0 Å². The lowest BCUT2D eigenvalue weighted by atomic mass is 9.74. The van der Waals surface area contributed by atoms with Crippen LogP contribution in [0.1, 0.15) is 52.2 Å². The quantitative estimate of drug-likeness (QED) is 0.0186. The predicted molar refractivity (Wildman–Crippen MR) is 280 cm³/mol. The van der Waals surface area contributed by atoms with Gasteiger partial charge >= 0.3 is 23.9 Å². The van der Waals surface area contributed by atoms with Crippen molar-refractivity contribution in [3.05, 3.63) is 128 Å². The van der Waals surface area contributed by atoms with Crippen LogP contribution in [-0.4, -0.2) is 109 Å². The molecule has 72 heavy (non-hydrogen) atoms. The van der Waals surface area contributed by atoms with Crippen LogP contribution in [0, 0.1) is 42.6 Å². The topological polar surface area (TPSA) is 203 Å². The molecule has 2 amide bonds. The molecule has 2 saturated heterocycles. The summed E-state index contributed by atoms with van der Waals surface area (Å²) in [6, 6.07) is 10.9. The highest BCUT2D eigenvalue weighted by Gasteiger charge is 2.63. The average Bonchev–Trinajstić information content (AvgIpc) is 3.76. The van der Waals surface area contributed by atoms with Gasteiger partial charge in [0.05, 0.1) is 42.9 Å². The maximum absolute atomic E-state index is 13.2. The average molecular weight is 1220 g/mol. The molecule has 6 unspecified atom stereocenters. The van der Waals surface area contributed by atoms with Gasteiger partial charge in [0, 0.05) is 29.6 Å². The fraction of sp³-hybridized carbons (Fsp3) is 0.434. The van der Waals surface area contributed by atoms with E-state index in [9.17, 15) is 33.9 Å². The van der Waals surface area contributed by atoms with Gasteiger partial charge in [0.15, 0.2) is 0 Å². The van der Waals surface area contributed by atoms with Crippen LogP contribution in [0.2, 0.25) is 0 Å². The Labute approximate surface area is 447 Å². The largest absolute Gasteiger partial charge is 0.488 e. The van der Waals surface area contributed by atoms with Crippen molar-refractivity contribution in [2.75, 3.05) is 46.2 Å². The highest BCUT2D eigenvalue weighted by atomic mass is 127. The first kappa shape index (κ1) is 57.5. The highest BCUT2D eigenvalue weighted by Crippen LogP contribution is 2.50. The molecule has 17 nitrogen and oxygen atoms in total. The highest BCUT2D eigenvalue weighted by molar-refractivity contribution is 14.1. The second-order valence-corrected chi connectivity index (χ2v) is 19.7. The lowest BCUT2D eigenvalue weighted by Crippen LogP contribution is -2.63. The van der Waals surface area contributed by atoms with E-state index in [1.54, 1.807) is 13.8 Å². The van der Waals surface area contributed by atoms with Gasteiger partial charge in [-0.3, -0.25) is 19.4 Å². The van der Waals surface area contributed by atoms with E-state index in [2.05, 4.69) is 84.5 Å². The summed E-state index contributed by atoms with van der Waals surface area (Å²) in [5.74, 6) is -5.36. The summed E-state index contributed by atoms with van der Waals surface area (Å²) < 4.78 is 24.7. The summed E-state index contributed by atoms with van der Waals surface area (Å²) in [4.78, 5) is 99.3. The Balaban J connectivity index is 0.000000267. The number of amides is 2. The molecule has 8 atom stereocenters. The number of carbonyl (C=O) groups is 6.